The number of aliphatic hydroxyl groups excluding tert-OH is 1. The molecule has 3 rings (SSSR count). The Bertz CT molecular complexity index is 656. The second-order valence-corrected chi connectivity index (χ2v) is 6.89. The zero-order chi connectivity index (χ0) is 17.8. The number of likely N-dealkylation sites (tertiary alicyclic amines) is 1. The lowest BCUT2D eigenvalue weighted by atomic mass is 9.96. The van der Waals surface area contributed by atoms with Crippen molar-refractivity contribution in [3.63, 3.8) is 0 Å². The molecule has 8 nitrogen and oxygen atoms in total. The third kappa shape index (κ3) is 4.45. The van der Waals surface area contributed by atoms with E-state index < -0.39 is 0 Å². The number of amides is 1. The Morgan fingerprint density at radius 3 is 2.72 bits per heavy atom. The molecule has 3 heterocycles. The number of rotatable bonds is 5. The monoisotopic (exact) mass is 350 g/mol. The van der Waals surface area contributed by atoms with E-state index in [1.54, 1.807) is 17.9 Å². The van der Waals surface area contributed by atoms with Crippen LogP contribution in [0.3, 0.4) is 0 Å². The van der Waals surface area contributed by atoms with Crippen molar-refractivity contribution in [1.29, 1.82) is 0 Å². The number of aromatic nitrogens is 2. The van der Waals surface area contributed by atoms with Gasteiger partial charge in [0.25, 0.3) is 5.56 Å². The van der Waals surface area contributed by atoms with E-state index in [0.717, 1.165) is 32.8 Å². The Labute approximate surface area is 147 Å². The first kappa shape index (κ1) is 18.0. The van der Waals surface area contributed by atoms with E-state index in [1.807, 2.05) is 0 Å². The molecule has 25 heavy (non-hydrogen) atoms. The van der Waals surface area contributed by atoms with Crippen LogP contribution in [0.1, 0.15) is 5.69 Å². The number of hydrogen-bond donors (Lipinski definition) is 1. The number of aryl methyl sites for hydroxylation is 1. The Kier molecular flexibility index (Phi) is 5.82. The molecule has 0 radical (unpaired) electrons. The van der Waals surface area contributed by atoms with Crippen molar-refractivity contribution < 1.29 is 14.6 Å². The summed E-state index contributed by atoms with van der Waals surface area (Å²) in [7, 11) is 0. The highest BCUT2D eigenvalue weighted by Crippen LogP contribution is 2.24. The molecule has 0 spiro atoms. The predicted molar refractivity (Wildman–Crippen MR) is 91.1 cm³/mol. The van der Waals surface area contributed by atoms with Gasteiger partial charge in [-0.05, 0) is 18.9 Å². The van der Waals surface area contributed by atoms with Gasteiger partial charge in [0, 0.05) is 51.3 Å². The molecule has 1 aromatic rings. The van der Waals surface area contributed by atoms with Crippen molar-refractivity contribution in [3.8, 4) is 0 Å². The van der Waals surface area contributed by atoms with Gasteiger partial charge in [-0.3, -0.25) is 14.5 Å². The molecule has 138 valence electrons. The van der Waals surface area contributed by atoms with Gasteiger partial charge in [0.15, 0.2) is 0 Å². The summed E-state index contributed by atoms with van der Waals surface area (Å²) in [6.07, 6.45) is 0. The third-order valence-corrected chi connectivity index (χ3v) is 5.05. The number of hydrogen-bond acceptors (Lipinski definition) is 6. The van der Waals surface area contributed by atoms with Crippen molar-refractivity contribution in [2.75, 3.05) is 52.5 Å². The average Bonchev–Trinajstić information content (AvgIpc) is 3.02. The van der Waals surface area contributed by atoms with Crippen LogP contribution in [0.4, 0.5) is 0 Å². The van der Waals surface area contributed by atoms with Crippen LogP contribution >= 0.6 is 0 Å². The second kappa shape index (κ2) is 8.07. The Balaban J connectivity index is 1.61. The number of ether oxygens (including phenoxy) is 1. The second-order valence-electron chi connectivity index (χ2n) is 6.89. The maximum absolute atomic E-state index is 12.6. The number of carbonyl (C=O) groups excluding carboxylic acids is 1. The average molecular weight is 350 g/mol. The molecule has 0 aromatic carbocycles. The highest BCUT2D eigenvalue weighted by Gasteiger charge is 2.36. The highest BCUT2D eigenvalue weighted by molar-refractivity contribution is 5.76. The molecule has 2 fully saturated rings. The summed E-state index contributed by atoms with van der Waals surface area (Å²) in [6, 6.07) is 3.07. The fourth-order valence-electron chi connectivity index (χ4n) is 3.56. The zero-order valence-electron chi connectivity index (χ0n) is 14.6. The minimum atomic E-state index is -0.276. The van der Waals surface area contributed by atoms with E-state index in [1.165, 1.54) is 10.7 Å². The first-order valence-electron chi connectivity index (χ1n) is 8.80. The number of nitrogens with zero attached hydrogens (tertiary/aromatic N) is 4. The van der Waals surface area contributed by atoms with Gasteiger partial charge >= 0.3 is 0 Å². The van der Waals surface area contributed by atoms with E-state index in [0.29, 0.717) is 18.8 Å². The molecular formula is C17H26N4O4. The summed E-state index contributed by atoms with van der Waals surface area (Å²) >= 11 is 0. The first-order valence-corrected chi connectivity index (χ1v) is 8.80. The summed E-state index contributed by atoms with van der Waals surface area (Å²) < 4.78 is 6.58. The molecule has 2 aliphatic heterocycles. The van der Waals surface area contributed by atoms with E-state index in [4.69, 9.17) is 4.74 Å². The first-order chi connectivity index (χ1) is 12.1. The molecule has 1 aromatic heterocycles. The molecule has 0 bridgehead atoms. The van der Waals surface area contributed by atoms with Gasteiger partial charge in [-0.2, -0.15) is 5.10 Å². The SMILES string of the molecule is Cc1ccc(=O)n(CC(=O)N2C[C@@H](CN3CCOCC3)[C@@H](CO)C2)n1. The van der Waals surface area contributed by atoms with Crippen LogP contribution in [-0.2, 0) is 16.1 Å². The lowest BCUT2D eigenvalue weighted by molar-refractivity contribution is -0.131. The van der Waals surface area contributed by atoms with Gasteiger partial charge in [-0.25, -0.2) is 4.68 Å². The zero-order valence-corrected chi connectivity index (χ0v) is 14.6. The molecule has 2 atom stereocenters. The summed E-state index contributed by atoms with van der Waals surface area (Å²) in [6.45, 7) is 7.08. The number of aliphatic hydroxyl groups is 1. The summed E-state index contributed by atoms with van der Waals surface area (Å²) in [5.41, 5.74) is 0.425. The molecule has 2 saturated heterocycles. The van der Waals surface area contributed by atoms with Crippen LogP contribution in [0.15, 0.2) is 16.9 Å². The molecule has 0 unspecified atom stereocenters. The maximum atomic E-state index is 12.6. The largest absolute Gasteiger partial charge is 0.396 e. The standard InChI is InChI=1S/C17H26N4O4/c1-13-2-3-16(23)21(18-13)11-17(24)20-9-14(15(10-20)12-22)8-19-4-6-25-7-5-19/h2-3,14-15,22H,4-12H2,1H3/t14-,15-/m1/s1. The van der Waals surface area contributed by atoms with Crippen LogP contribution in [0.25, 0.3) is 0 Å². The van der Waals surface area contributed by atoms with Crippen molar-refractivity contribution in [2.24, 2.45) is 11.8 Å². The van der Waals surface area contributed by atoms with Crippen LogP contribution in [-0.4, -0.2) is 83.1 Å². The van der Waals surface area contributed by atoms with Gasteiger partial charge < -0.3 is 14.7 Å². The normalized spacial score (nSPS) is 24.6. The van der Waals surface area contributed by atoms with Crippen LogP contribution in [0.2, 0.25) is 0 Å². The fourth-order valence-corrected chi connectivity index (χ4v) is 3.56. The lowest BCUT2D eigenvalue weighted by Crippen LogP contribution is -2.41. The lowest BCUT2D eigenvalue weighted by Gasteiger charge is -2.30. The number of morpholine rings is 1. The Hall–Kier alpha value is -1.77. The van der Waals surface area contributed by atoms with Crippen molar-refractivity contribution >= 4 is 5.91 Å². The molecule has 1 N–H and O–H groups in total. The summed E-state index contributed by atoms with van der Waals surface area (Å²) in [4.78, 5) is 28.5. The summed E-state index contributed by atoms with van der Waals surface area (Å²) in [5, 5.41) is 13.8. The van der Waals surface area contributed by atoms with Crippen molar-refractivity contribution in [1.82, 2.24) is 19.6 Å². The molecule has 2 aliphatic rings. The quantitative estimate of drug-likeness (QED) is 0.729. The van der Waals surface area contributed by atoms with Crippen LogP contribution in [0.5, 0.6) is 0 Å². The van der Waals surface area contributed by atoms with Gasteiger partial charge in [-0.15, -0.1) is 0 Å². The Morgan fingerprint density at radius 1 is 1.28 bits per heavy atom. The minimum absolute atomic E-state index is 0.0526. The Morgan fingerprint density at radius 2 is 2.00 bits per heavy atom. The van der Waals surface area contributed by atoms with Crippen LogP contribution in [0, 0.1) is 18.8 Å². The fraction of sp³-hybridized carbons (Fsp3) is 0.706. The topological polar surface area (TPSA) is 87.9 Å². The molecular weight excluding hydrogens is 324 g/mol. The van der Waals surface area contributed by atoms with Gasteiger partial charge in [0.05, 0.1) is 18.9 Å². The smallest absolute Gasteiger partial charge is 0.267 e. The molecule has 0 aliphatic carbocycles. The third-order valence-electron chi connectivity index (χ3n) is 5.05. The van der Waals surface area contributed by atoms with Gasteiger partial charge in [0.2, 0.25) is 5.91 Å². The van der Waals surface area contributed by atoms with Crippen molar-refractivity contribution in [2.45, 2.75) is 13.5 Å². The summed E-state index contributed by atoms with van der Waals surface area (Å²) in [5.74, 6) is 0.200. The highest BCUT2D eigenvalue weighted by atomic mass is 16.5. The number of carbonyl (C=O) groups is 1. The van der Waals surface area contributed by atoms with E-state index in [9.17, 15) is 14.7 Å². The molecule has 1 amide bonds. The maximum Gasteiger partial charge on any atom is 0.267 e. The predicted octanol–water partition coefficient (Wildman–Crippen LogP) is -1.05. The van der Waals surface area contributed by atoms with E-state index in [2.05, 4.69) is 10.00 Å². The minimum Gasteiger partial charge on any atom is -0.396 e. The van der Waals surface area contributed by atoms with Crippen molar-refractivity contribution in [3.05, 3.63) is 28.2 Å². The van der Waals surface area contributed by atoms with E-state index in [-0.39, 0.29) is 36.5 Å². The molecule has 0 saturated carbocycles. The van der Waals surface area contributed by atoms with Crippen LogP contribution < -0.4 is 5.56 Å². The van der Waals surface area contributed by atoms with E-state index >= 15 is 0 Å². The van der Waals surface area contributed by atoms with Gasteiger partial charge in [-0.1, -0.05) is 0 Å². The van der Waals surface area contributed by atoms with Gasteiger partial charge in [0.1, 0.15) is 6.54 Å². The molecule has 8 heteroatoms.